The van der Waals surface area contributed by atoms with Gasteiger partial charge >= 0.3 is 0 Å². The van der Waals surface area contributed by atoms with Gasteiger partial charge in [-0.05, 0) is 18.2 Å². The monoisotopic (exact) mass is 228 g/mol. The molecular formula is C12H12N4O. The molecule has 0 aliphatic rings. The molecule has 1 amide bonds. The van der Waals surface area contributed by atoms with Crippen molar-refractivity contribution in [1.29, 1.82) is 0 Å². The van der Waals surface area contributed by atoms with Crippen LogP contribution >= 0.6 is 0 Å². The fourth-order valence-corrected chi connectivity index (χ4v) is 1.33. The zero-order valence-corrected chi connectivity index (χ0v) is 9.37. The Bertz CT molecular complexity index is 530. The molecule has 0 aromatic carbocycles. The Morgan fingerprint density at radius 1 is 1.41 bits per heavy atom. The Morgan fingerprint density at radius 3 is 2.82 bits per heavy atom. The van der Waals surface area contributed by atoms with E-state index in [1.54, 1.807) is 30.7 Å². The minimum atomic E-state index is -0.250. The number of aryl methyl sites for hydroxylation is 1. The van der Waals surface area contributed by atoms with E-state index in [0.29, 0.717) is 5.56 Å². The molecule has 0 atom stereocenters. The number of hydrazone groups is 1. The van der Waals surface area contributed by atoms with Crippen LogP contribution in [0.15, 0.2) is 48.1 Å². The maximum Gasteiger partial charge on any atom is 0.271 e. The number of nitrogens with zero attached hydrogens (tertiary/aromatic N) is 3. The van der Waals surface area contributed by atoms with Crippen molar-refractivity contribution in [2.24, 2.45) is 12.1 Å². The molecule has 2 aromatic heterocycles. The van der Waals surface area contributed by atoms with Crippen LogP contribution in [0.1, 0.15) is 15.9 Å². The molecule has 2 aromatic rings. The normalized spacial score (nSPS) is 10.6. The summed E-state index contributed by atoms with van der Waals surface area (Å²) in [6.45, 7) is 0. The average molecular weight is 228 g/mol. The van der Waals surface area contributed by atoms with Crippen molar-refractivity contribution in [3.05, 3.63) is 54.1 Å². The van der Waals surface area contributed by atoms with Gasteiger partial charge in [-0.1, -0.05) is 0 Å². The van der Waals surface area contributed by atoms with E-state index in [1.165, 1.54) is 0 Å². The summed E-state index contributed by atoms with van der Waals surface area (Å²) in [6.07, 6.45) is 8.54. The van der Waals surface area contributed by atoms with E-state index in [0.717, 1.165) is 5.56 Å². The molecule has 0 unspecified atom stereocenters. The second kappa shape index (κ2) is 5.07. The maximum atomic E-state index is 11.6. The molecule has 2 heterocycles. The number of carbonyl (C=O) groups is 1. The molecular weight excluding hydrogens is 216 g/mol. The van der Waals surface area contributed by atoms with Crippen LogP contribution in [0.5, 0.6) is 0 Å². The number of hydrogen-bond acceptors (Lipinski definition) is 3. The lowest BCUT2D eigenvalue weighted by Gasteiger charge is -1.97. The zero-order chi connectivity index (χ0) is 12.1. The Labute approximate surface area is 98.8 Å². The first kappa shape index (κ1) is 11.1. The lowest BCUT2D eigenvalue weighted by atomic mass is 10.3. The van der Waals surface area contributed by atoms with Crippen molar-refractivity contribution in [3.63, 3.8) is 0 Å². The van der Waals surface area contributed by atoms with Crippen molar-refractivity contribution in [2.45, 2.75) is 0 Å². The summed E-state index contributed by atoms with van der Waals surface area (Å²) in [5.74, 6) is -0.250. The summed E-state index contributed by atoms with van der Waals surface area (Å²) >= 11 is 0. The zero-order valence-electron chi connectivity index (χ0n) is 9.37. The number of nitrogens with one attached hydrogen (secondary N) is 1. The van der Waals surface area contributed by atoms with Crippen LogP contribution in [-0.2, 0) is 7.05 Å². The third-order valence-corrected chi connectivity index (χ3v) is 2.18. The molecule has 0 aliphatic heterocycles. The second-order valence-electron chi connectivity index (χ2n) is 3.55. The van der Waals surface area contributed by atoms with Crippen LogP contribution in [0.3, 0.4) is 0 Å². The summed E-state index contributed by atoms with van der Waals surface area (Å²) in [4.78, 5) is 15.4. The number of rotatable bonds is 3. The first-order valence-corrected chi connectivity index (χ1v) is 5.11. The van der Waals surface area contributed by atoms with E-state index in [2.05, 4.69) is 15.5 Å². The van der Waals surface area contributed by atoms with Crippen LogP contribution in [0, 0.1) is 0 Å². The average Bonchev–Trinajstić information content (AvgIpc) is 2.76. The Morgan fingerprint density at radius 2 is 2.18 bits per heavy atom. The summed E-state index contributed by atoms with van der Waals surface area (Å²) in [7, 11) is 1.92. The molecule has 0 fully saturated rings. The van der Waals surface area contributed by atoms with Gasteiger partial charge in [0.2, 0.25) is 0 Å². The SMILES string of the molecule is Cn1ccc(/C=N\NC(=O)c2ccncc2)c1. The number of amides is 1. The highest BCUT2D eigenvalue weighted by Gasteiger charge is 2.01. The summed E-state index contributed by atoms with van der Waals surface area (Å²) in [5, 5.41) is 3.87. The summed E-state index contributed by atoms with van der Waals surface area (Å²) in [6, 6.07) is 5.17. The third kappa shape index (κ3) is 3.01. The second-order valence-corrected chi connectivity index (χ2v) is 3.55. The standard InChI is InChI=1S/C12H12N4O/c1-16-7-4-10(9-16)8-14-15-12(17)11-2-5-13-6-3-11/h2-9H,1H3,(H,15,17)/b14-8-. The van der Waals surface area contributed by atoms with Crippen LogP contribution in [0.2, 0.25) is 0 Å². The molecule has 0 saturated carbocycles. The topological polar surface area (TPSA) is 59.3 Å². The van der Waals surface area contributed by atoms with E-state index in [1.807, 2.05) is 30.1 Å². The molecule has 0 spiro atoms. The quantitative estimate of drug-likeness (QED) is 0.633. The minimum absolute atomic E-state index is 0.250. The molecule has 2 rings (SSSR count). The third-order valence-electron chi connectivity index (χ3n) is 2.18. The highest BCUT2D eigenvalue weighted by Crippen LogP contribution is 1.96. The Kier molecular flexibility index (Phi) is 3.30. The first-order valence-electron chi connectivity index (χ1n) is 5.11. The minimum Gasteiger partial charge on any atom is -0.357 e. The van der Waals surface area contributed by atoms with Gasteiger partial charge in [-0.25, -0.2) is 5.43 Å². The van der Waals surface area contributed by atoms with E-state index in [-0.39, 0.29) is 5.91 Å². The molecule has 0 aliphatic carbocycles. The van der Waals surface area contributed by atoms with Crippen LogP contribution < -0.4 is 5.43 Å². The fourth-order valence-electron chi connectivity index (χ4n) is 1.33. The van der Waals surface area contributed by atoms with Gasteiger partial charge in [-0.3, -0.25) is 9.78 Å². The van der Waals surface area contributed by atoms with Crippen molar-refractivity contribution in [3.8, 4) is 0 Å². The lowest BCUT2D eigenvalue weighted by molar-refractivity contribution is 0.0955. The summed E-state index contributed by atoms with van der Waals surface area (Å²) < 4.78 is 1.91. The molecule has 86 valence electrons. The van der Waals surface area contributed by atoms with Crippen LogP contribution in [0.25, 0.3) is 0 Å². The molecule has 1 N–H and O–H groups in total. The van der Waals surface area contributed by atoms with E-state index >= 15 is 0 Å². The predicted octanol–water partition coefficient (Wildman–Crippen LogP) is 1.18. The van der Waals surface area contributed by atoms with Gasteiger partial charge in [-0.15, -0.1) is 0 Å². The van der Waals surface area contributed by atoms with Gasteiger partial charge in [0.1, 0.15) is 0 Å². The number of hydrogen-bond donors (Lipinski definition) is 1. The molecule has 5 nitrogen and oxygen atoms in total. The molecule has 0 bridgehead atoms. The van der Waals surface area contributed by atoms with Crippen LogP contribution in [-0.4, -0.2) is 21.7 Å². The Balaban J connectivity index is 1.95. The number of carbonyl (C=O) groups excluding carboxylic acids is 1. The van der Waals surface area contributed by atoms with Crippen molar-refractivity contribution < 1.29 is 4.79 Å². The number of pyridine rings is 1. The van der Waals surface area contributed by atoms with Gasteiger partial charge in [0, 0.05) is 43.0 Å². The first-order chi connectivity index (χ1) is 8.25. The van der Waals surface area contributed by atoms with Gasteiger partial charge in [0.05, 0.1) is 6.21 Å². The van der Waals surface area contributed by atoms with Gasteiger partial charge < -0.3 is 4.57 Å². The highest BCUT2D eigenvalue weighted by molar-refractivity contribution is 5.94. The predicted molar refractivity (Wildman–Crippen MR) is 64.7 cm³/mol. The molecule has 5 heteroatoms. The summed E-state index contributed by atoms with van der Waals surface area (Å²) in [5.41, 5.74) is 3.92. The van der Waals surface area contributed by atoms with Crippen molar-refractivity contribution in [1.82, 2.24) is 15.0 Å². The van der Waals surface area contributed by atoms with E-state index < -0.39 is 0 Å². The Hall–Kier alpha value is -2.43. The lowest BCUT2D eigenvalue weighted by Crippen LogP contribution is -2.17. The smallest absolute Gasteiger partial charge is 0.271 e. The fraction of sp³-hybridized carbons (Fsp3) is 0.0833. The molecule has 0 saturated heterocycles. The van der Waals surface area contributed by atoms with Crippen molar-refractivity contribution in [2.75, 3.05) is 0 Å². The van der Waals surface area contributed by atoms with Crippen LogP contribution in [0.4, 0.5) is 0 Å². The van der Waals surface area contributed by atoms with E-state index in [4.69, 9.17) is 0 Å². The van der Waals surface area contributed by atoms with Gasteiger partial charge in [0.25, 0.3) is 5.91 Å². The van der Waals surface area contributed by atoms with Gasteiger partial charge in [0.15, 0.2) is 0 Å². The number of aromatic nitrogens is 2. The molecule has 17 heavy (non-hydrogen) atoms. The van der Waals surface area contributed by atoms with E-state index in [9.17, 15) is 4.79 Å². The largest absolute Gasteiger partial charge is 0.357 e. The highest BCUT2D eigenvalue weighted by atomic mass is 16.2. The van der Waals surface area contributed by atoms with Gasteiger partial charge in [-0.2, -0.15) is 5.10 Å². The van der Waals surface area contributed by atoms with Crippen molar-refractivity contribution >= 4 is 12.1 Å². The maximum absolute atomic E-state index is 11.6. The molecule has 0 radical (unpaired) electrons.